The van der Waals surface area contributed by atoms with Crippen molar-refractivity contribution in [1.82, 2.24) is 5.32 Å². The Morgan fingerprint density at radius 3 is 2.57 bits per heavy atom. The van der Waals surface area contributed by atoms with Crippen molar-refractivity contribution in [2.75, 3.05) is 5.75 Å². The lowest BCUT2D eigenvalue weighted by Gasteiger charge is -2.14. The summed E-state index contributed by atoms with van der Waals surface area (Å²) in [7, 11) is 0. The van der Waals surface area contributed by atoms with Crippen molar-refractivity contribution in [2.24, 2.45) is 5.73 Å². The van der Waals surface area contributed by atoms with Crippen molar-refractivity contribution < 1.29 is 14.7 Å². The Balaban J connectivity index is 3.81. The van der Waals surface area contributed by atoms with Gasteiger partial charge in [-0.25, -0.2) is 0 Å². The first-order valence-electron chi connectivity index (χ1n) is 4.33. The third kappa shape index (κ3) is 5.82. The van der Waals surface area contributed by atoms with Crippen LogP contribution in [0.25, 0.3) is 0 Å². The van der Waals surface area contributed by atoms with Crippen LogP contribution in [-0.4, -0.2) is 34.8 Å². The molecule has 1 radical (unpaired) electrons. The predicted octanol–water partition coefficient (Wildman–Crippen LogP) is -0.119. The molecule has 0 aromatic carbocycles. The zero-order valence-electron chi connectivity index (χ0n) is 8.03. The Morgan fingerprint density at radius 2 is 2.14 bits per heavy atom. The van der Waals surface area contributed by atoms with Crippen LogP contribution in [0.5, 0.6) is 0 Å². The number of nitrogens with two attached hydrogens (primary N) is 1. The van der Waals surface area contributed by atoms with Gasteiger partial charge in [-0.05, 0) is 13.3 Å². The lowest BCUT2D eigenvalue weighted by molar-refractivity contribution is -0.137. The van der Waals surface area contributed by atoms with Gasteiger partial charge in [0.2, 0.25) is 5.91 Å². The van der Waals surface area contributed by atoms with Gasteiger partial charge in [-0.3, -0.25) is 9.59 Å². The molecule has 0 aliphatic carbocycles. The molecule has 0 spiro atoms. The second-order valence-electron chi connectivity index (χ2n) is 3.12. The summed E-state index contributed by atoms with van der Waals surface area (Å²) in [6, 6.07) is -0.872. The molecule has 0 bridgehead atoms. The minimum atomic E-state index is -0.954. The SMILES string of the molecule is C[C@H](C[S])NC(=O)[C@@H](N)CCC(=O)O. The first-order valence-corrected chi connectivity index (χ1v) is 4.91. The van der Waals surface area contributed by atoms with Crippen molar-refractivity contribution in [1.29, 1.82) is 0 Å². The van der Waals surface area contributed by atoms with Crippen LogP contribution in [0.15, 0.2) is 0 Å². The number of hydrogen-bond donors (Lipinski definition) is 3. The summed E-state index contributed by atoms with van der Waals surface area (Å²) < 4.78 is 0. The average Bonchev–Trinajstić information content (AvgIpc) is 2.13. The van der Waals surface area contributed by atoms with Gasteiger partial charge in [-0.2, -0.15) is 0 Å². The van der Waals surface area contributed by atoms with Crippen LogP contribution in [0.1, 0.15) is 19.8 Å². The predicted molar refractivity (Wildman–Crippen MR) is 54.9 cm³/mol. The molecule has 0 fully saturated rings. The lowest BCUT2D eigenvalue weighted by atomic mass is 10.1. The molecule has 0 unspecified atom stereocenters. The van der Waals surface area contributed by atoms with Gasteiger partial charge in [0.25, 0.3) is 0 Å². The smallest absolute Gasteiger partial charge is 0.303 e. The molecule has 0 saturated heterocycles. The van der Waals surface area contributed by atoms with Crippen LogP contribution >= 0.6 is 12.6 Å². The van der Waals surface area contributed by atoms with Gasteiger partial charge >= 0.3 is 5.97 Å². The maximum Gasteiger partial charge on any atom is 0.303 e. The van der Waals surface area contributed by atoms with E-state index in [9.17, 15) is 9.59 Å². The standard InChI is InChI=1S/C8H15N2O3S/c1-5(4-14)10-8(13)6(9)2-3-7(11)12/h5-6H,2-4,9H2,1H3,(H,10,13)(H,11,12)/t5-,6+/m1/s1. The Morgan fingerprint density at radius 1 is 1.57 bits per heavy atom. The van der Waals surface area contributed by atoms with Crippen LogP contribution in [0.3, 0.4) is 0 Å². The Hall–Kier alpha value is -0.750. The average molecular weight is 219 g/mol. The van der Waals surface area contributed by atoms with Crippen molar-refractivity contribution in [3.05, 3.63) is 0 Å². The van der Waals surface area contributed by atoms with Crippen LogP contribution < -0.4 is 11.1 Å². The molecular formula is C8H15N2O3S. The normalized spacial score (nSPS) is 14.5. The van der Waals surface area contributed by atoms with E-state index in [1.54, 1.807) is 6.92 Å². The van der Waals surface area contributed by atoms with Crippen LogP contribution in [0.2, 0.25) is 0 Å². The third-order valence-electron chi connectivity index (χ3n) is 1.64. The lowest BCUT2D eigenvalue weighted by Crippen LogP contribution is -2.45. The fraction of sp³-hybridized carbons (Fsp3) is 0.750. The van der Waals surface area contributed by atoms with E-state index in [0.717, 1.165) is 0 Å². The van der Waals surface area contributed by atoms with E-state index in [2.05, 4.69) is 5.32 Å². The van der Waals surface area contributed by atoms with E-state index in [4.69, 9.17) is 23.5 Å². The number of carboxylic acid groups (broad SMARTS) is 1. The van der Waals surface area contributed by atoms with E-state index in [0.29, 0.717) is 5.75 Å². The molecule has 0 aromatic rings. The van der Waals surface area contributed by atoms with Gasteiger partial charge in [0.05, 0.1) is 6.04 Å². The summed E-state index contributed by atoms with van der Waals surface area (Å²) in [5.74, 6) is -0.884. The Kier molecular flexibility index (Phi) is 6.31. The molecule has 0 aliphatic heterocycles. The molecule has 1 amide bonds. The number of carbonyl (C=O) groups is 2. The molecule has 0 aliphatic rings. The maximum absolute atomic E-state index is 11.2. The van der Waals surface area contributed by atoms with Gasteiger partial charge in [0.15, 0.2) is 0 Å². The molecule has 0 saturated carbocycles. The molecule has 14 heavy (non-hydrogen) atoms. The van der Waals surface area contributed by atoms with Crippen LogP contribution in [-0.2, 0) is 9.59 Å². The van der Waals surface area contributed by atoms with E-state index < -0.39 is 12.0 Å². The number of carboxylic acids is 1. The van der Waals surface area contributed by atoms with Gasteiger partial charge in [-0.15, -0.1) is 0 Å². The molecule has 81 valence electrons. The highest BCUT2D eigenvalue weighted by Gasteiger charge is 2.15. The molecule has 6 heteroatoms. The van der Waals surface area contributed by atoms with E-state index >= 15 is 0 Å². The van der Waals surface area contributed by atoms with Gasteiger partial charge in [-0.1, -0.05) is 12.6 Å². The summed E-state index contributed by atoms with van der Waals surface area (Å²) in [4.78, 5) is 21.5. The zero-order chi connectivity index (χ0) is 11.1. The maximum atomic E-state index is 11.2. The number of amides is 1. The number of rotatable bonds is 6. The highest BCUT2D eigenvalue weighted by molar-refractivity contribution is 7.80. The van der Waals surface area contributed by atoms with Gasteiger partial charge in [0.1, 0.15) is 0 Å². The van der Waals surface area contributed by atoms with E-state index in [1.165, 1.54) is 0 Å². The topological polar surface area (TPSA) is 92.4 Å². The Labute approximate surface area is 88.5 Å². The molecule has 0 rings (SSSR count). The van der Waals surface area contributed by atoms with Gasteiger partial charge < -0.3 is 16.2 Å². The minimum Gasteiger partial charge on any atom is -0.481 e. The highest BCUT2D eigenvalue weighted by atomic mass is 32.1. The Bertz CT molecular complexity index is 211. The number of hydrogen-bond acceptors (Lipinski definition) is 3. The summed E-state index contributed by atoms with van der Waals surface area (Å²) in [5, 5.41) is 11.0. The molecule has 2 atom stereocenters. The first-order chi connectivity index (χ1) is 6.47. The zero-order valence-corrected chi connectivity index (χ0v) is 8.84. The van der Waals surface area contributed by atoms with E-state index in [1.807, 2.05) is 0 Å². The second-order valence-corrected chi connectivity index (χ2v) is 3.45. The molecule has 0 heterocycles. The largest absolute Gasteiger partial charge is 0.481 e. The molecule has 4 N–H and O–H groups in total. The molecule has 0 aromatic heterocycles. The van der Waals surface area contributed by atoms with Crippen LogP contribution in [0.4, 0.5) is 0 Å². The first kappa shape index (κ1) is 13.2. The monoisotopic (exact) mass is 219 g/mol. The molecule has 5 nitrogen and oxygen atoms in total. The fourth-order valence-electron chi connectivity index (χ4n) is 0.802. The summed E-state index contributed by atoms with van der Waals surface area (Å²) in [6.07, 6.45) is 0.0438. The highest BCUT2D eigenvalue weighted by Crippen LogP contribution is 1.96. The molecular weight excluding hydrogens is 204 g/mol. The van der Waals surface area contributed by atoms with E-state index in [-0.39, 0.29) is 24.8 Å². The quantitative estimate of drug-likeness (QED) is 0.580. The number of nitrogens with one attached hydrogen (secondary N) is 1. The van der Waals surface area contributed by atoms with Crippen molar-refractivity contribution >= 4 is 24.5 Å². The minimum absolute atomic E-state index is 0.100. The van der Waals surface area contributed by atoms with Gasteiger partial charge in [0, 0.05) is 18.2 Å². The van der Waals surface area contributed by atoms with Crippen molar-refractivity contribution in [2.45, 2.75) is 31.8 Å². The second kappa shape index (κ2) is 6.67. The number of carbonyl (C=O) groups excluding carboxylic acids is 1. The summed E-state index contributed by atoms with van der Waals surface area (Å²) in [6.45, 7) is 1.77. The summed E-state index contributed by atoms with van der Waals surface area (Å²) in [5.41, 5.74) is 5.46. The summed E-state index contributed by atoms with van der Waals surface area (Å²) >= 11 is 4.74. The van der Waals surface area contributed by atoms with Crippen LogP contribution in [0, 0.1) is 0 Å². The van der Waals surface area contributed by atoms with Crippen molar-refractivity contribution in [3.63, 3.8) is 0 Å². The third-order valence-corrected chi connectivity index (χ3v) is 2.14. The van der Waals surface area contributed by atoms with Crippen molar-refractivity contribution in [3.8, 4) is 0 Å². The number of aliphatic carboxylic acids is 1. The fourth-order valence-corrected chi connectivity index (χ4v) is 0.885.